The molecule has 0 amide bonds. The Morgan fingerprint density at radius 1 is 0.397 bits per heavy atom. The summed E-state index contributed by atoms with van der Waals surface area (Å²) >= 11 is 0. The molecule has 2 aliphatic carbocycles. The first-order valence-electron chi connectivity index (χ1n) is 20.5. The van der Waals surface area contributed by atoms with Gasteiger partial charge in [0.05, 0.1) is 11.4 Å². The lowest BCUT2D eigenvalue weighted by Gasteiger charge is -2.35. The number of hydrogen-bond acceptors (Lipinski definition) is 2. The van der Waals surface area contributed by atoms with Crippen molar-refractivity contribution >= 4 is 44.8 Å². The quantitative estimate of drug-likeness (QED) is 0.137. The number of aryl methyl sites for hydroxylation is 2. The van der Waals surface area contributed by atoms with E-state index in [1.807, 2.05) is 0 Å². The fourth-order valence-corrected chi connectivity index (χ4v) is 8.89. The first kappa shape index (κ1) is 35.5. The first-order valence-corrected chi connectivity index (χ1v) is 20.5. The minimum atomic E-state index is 0.876. The Morgan fingerprint density at radius 3 is 1.38 bits per heavy atom. The van der Waals surface area contributed by atoms with Gasteiger partial charge in [0.25, 0.3) is 0 Å². The van der Waals surface area contributed by atoms with Crippen molar-refractivity contribution in [3.63, 3.8) is 0 Å². The molecule has 0 heterocycles. The van der Waals surface area contributed by atoms with Gasteiger partial charge in [0.1, 0.15) is 0 Å². The second kappa shape index (κ2) is 15.2. The van der Waals surface area contributed by atoms with E-state index in [4.69, 9.17) is 0 Å². The number of hydrogen-bond donors (Lipinski definition) is 0. The predicted molar refractivity (Wildman–Crippen MR) is 245 cm³/mol. The van der Waals surface area contributed by atoms with Gasteiger partial charge in [0.2, 0.25) is 0 Å². The molecule has 2 nitrogen and oxygen atoms in total. The third-order valence-corrected chi connectivity index (χ3v) is 11.9. The number of nitrogens with zero attached hydrogens (tertiary/aromatic N) is 2. The van der Waals surface area contributed by atoms with Crippen molar-refractivity contribution in [1.29, 1.82) is 0 Å². The van der Waals surface area contributed by atoms with Crippen LogP contribution in [0, 0.1) is 13.8 Å². The third kappa shape index (κ3) is 6.82. The van der Waals surface area contributed by atoms with Gasteiger partial charge in [0, 0.05) is 33.7 Å². The molecule has 8 aromatic carbocycles. The fraction of sp³-hybridized carbons (Fsp3) is 0.107. The highest BCUT2D eigenvalue weighted by atomic mass is 15.2. The summed E-state index contributed by atoms with van der Waals surface area (Å²) in [6.45, 7) is 4.32. The predicted octanol–water partition coefficient (Wildman–Crippen LogP) is 14.3. The average Bonchev–Trinajstić information content (AvgIpc) is 3.27. The van der Waals surface area contributed by atoms with Crippen molar-refractivity contribution in [1.82, 2.24) is 0 Å². The van der Waals surface area contributed by atoms with Crippen LogP contribution in [0.4, 0.5) is 28.4 Å². The Kier molecular flexibility index (Phi) is 9.31. The molecule has 280 valence electrons. The van der Waals surface area contributed by atoms with E-state index in [-0.39, 0.29) is 0 Å². The molecule has 2 heteroatoms. The van der Waals surface area contributed by atoms with Crippen molar-refractivity contribution in [2.75, 3.05) is 9.80 Å². The van der Waals surface area contributed by atoms with Crippen molar-refractivity contribution in [3.05, 3.63) is 250 Å². The highest BCUT2D eigenvalue weighted by Gasteiger charge is 2.30. The molecule has 0 fully saturated rings. The summed E-state index contributed by atoms with van der Waals surface area (Å²) in [5, 5.41) is 2.65. The van der Waals surface area contributed by atoms with Crippen LogP contribution in [0.3, 0.4) is 0 Å². The zero-order chi connectivity index (χ0) is 39.0. The summed E-state index contributed by atoms with van der Waals surface area (Å²) in [5.41, 5.74) is 20.3. The lowest BCUT2D eigenvalue weighted by Crippen LogP contribution is -2.22. The Balaban J connectivity index is 1.06. The van der Waals surface area contributed by atoms with Gasteiger partial charge >= 0.3 is 0 Å². The monoisotopic (exact) mass is 746 g/mol. The van der Waals surface area contributed by atoms with Crippen LogP contribution >= 0.6 is 0 Å². The normalized spacial score (nSPS) is 12.9. The molecular weight excluding hydrogens is 701 g/mol. The summed E-state index contributed by atoms with van der Waals surface area (Å²) in [6, 6.07) is 67.2. The maximum absolute atomic E-state index is 2.48. The summed E-state index contributed by atoms with van der Waals surface area (Å²) in [4.78, 5) is 4.92. The van der Waals surface area contributed by atoms with Crippen molar-refractivity contribution in [3.8, 4) is 0 Å². The Morgan fingerprint density at radius 2 is 0.845 bits per heavy atom. The van der Waals surface area contributed by atoms with Gasteiger partial charge in [-0.25, -0.2) is 0 Å². The molecule has 2 aliphatic rings. The minimum Gasteiger partial charge on any atom is -0.310 e. The second-order valence-corrected chi connectivity index (χ2v) is 15.9. The van der Waals surface area contributed by atoms with Gasteiger partial charge in [-0.05, 0) is 138 Å². The van der Waals surface area contributed by atoms with E-state index in [0.29, 0.717) is 0 Å². The number of allylic oxidation sites excluding steroid dienone is 3. The van der Waals surface area contributed by atoms with Crippen LogP contribution in [-0.4, -0.2) is 0 Å². The average molecular weight is 747 g/mol. The van der Waals surface area contributed by atoms with Crippen LogP contribution in [0.25, 0.3) is 16.3 Å². The molecule has 0 unspecified atom stereocenters. The largest absolute Gasteiger partial charge is 0.310 e. The molecule has 0 aliphatic heterocycles. The molecule has 0 saturated carbocycles. The van der Waals surface area contributed by atoms with Crippen LogP contribution in [0.5, 0.6) is 0 Å². The van der Waals surface area contributed by atoms with Gasteiger partial charge in [-0.1, -0.05) is 151 Å². The Labute approximate surface area is 342 Å². The van der Waals surface area contributed by atoms with E-state index in [1.165, 1.54) is 89.2 Å². The lowest BCUT2D eigenvalue weighted by atomic mass is 9.79. The van der Waals surface area contributed by atoms with Gasteiger partial charge < -0.3 is 9.80 Å². The molecule has 0 spiro atoms. The van der Waals surface area contributed by atoms with Gasteiger partial charge in [-0.2, -0.15) is 0 Å². The molecule has 10 rings (SSSR count). The van der Waals surface area contributed by atoms with E-state index in [1.54, 1.807) is 0 Å². The molecule has 58 heavy (non-hydrogen) atoms. The summed E-state index contributed by atoms with van der Waals surface area (Å²) in [6.07, 6.45) is 8.51. The van der Waals surface area contributed by atoms with E-state index >= 15 is 0 Å². The first-order chi connectivity index (χ1) is 28.6. The number of anilines is 5. The maximum Gasteiger partial charge on any atom is 0.0540 e. The van der Waals surface area contributed by atoms with Crippen LogP contribution in [0.1, 0.15) is 50.1 Å². The summed E-state index contributed by atoms with van der Waals surface area (Å²) < 4.78 is 0. The standard InChI is InChI=1S/C56H46N2/c1-39-13-25-47(26-14-39)57(49-29-17-43(18-30-49)37-41-9-5-3-6-10-41)53-35-23-45-22-34-52-54(36-24-46-21-33-51(53)55(45)56(46)52)58(48-27-15-40(2)16-28-48)50-31-19-44(20-32-50)38-42-11-7-4-8-12-42/h3-21,23,25-36H,22,24,37-38H2,1-2H3. The van der Waals surface area contributed by atoms with Crippen LogP contribution < -0.4 is 9.80 Å². The lowest BCUT2D eigenvalue weighted by molar-refractivity contribution is 1.11. The fourth-order valence-electron chi connectivity index (χ4n) is 8.89. The molecule has 0 N–H and O–H groups in total. The van der Waals surface area contributed by atoms with Gasteiger partial charge in [0.15, 0.2) is 0 Å². The SMILES string of the molecule is Cc1ccc(N(C2=CCc3ccc4c(N(c5ccc(C)cc5)c5ccc(Cc6ccccc6)cc5)ccc5c4c3C2=CC5)c2ccc(Cc3ccccc3)cc2)cc1. The molecule has 0 saturated heterocycles. The van der Waals surface area contributed by atoms with Crippen molar-refractivity contribution in [2.45, 2.75) is 39.5 Å². The zero-order valence-corrected chi connectivity index (χ0v) is 33.2. The molecule has 0 atom stereocenters. The topological polar surface area (TPSA) is 6.48 Å². The Hall–Kier alpha value is -6.90. The third-order valence-electron chi connectivity index (χ3n) is 11.9. The number of rotatable bonds is 10. The smallest absolute Gasteiger partial charge is 0.0540 e. The van der Waals surface area contributed by atoms with Crippen LogP contribution in [0.2, 0.25) is 0 Å². The molecule has 8 aromatic rings. The molecule has 0 radical (unpaired) electrons. The minimum absolute atomic E-state index is 0.876. The highest BCUT2D eigenvalue weighted by Crippen LogP contribution is 2.49. The summed E-state index contributed by atoms with van der Waals surface area (Å²) in [7, 11) is 0. The highest BCUT2D eigenvalue weighted by molar-refractivity contribution is 6.10. The van der Waals surface area contributed by atoms with Crippen LogP contribution in [0.15, 0.2) is 200 Å². The molecule has 0 aromatic heterocycles. The second-order valence-electron chi connectivity index (χ2n) is 15.9. The molecular formula is C56H46N2. The maximum atomic E-state index is 2.48. The van der Waals surface area contributed by atoms with Gasteiger partial charge in [-0.3, -0.25) is 0 Å². The van der Waals surface area contributed by atoms with E-state index in [9.17, 15) is 0 Å². The molecule has 0 bridgehead atoms. The van der Waals surface area contributed by atoms with E-state index in [0.717, 1.165) is 37.1 Å². The number of benzene rings is 8. The van der Waals surface area contributed by atoms with Crippen molar-refractivity contribution < 1.29 is 0 Å². The van der Waals surface area contributed by atoms with Crippen LogP contribution in [-0.2, 0) is 25.7 Å². The Bertz CT molecular complexity index is 2800. The van der Waals surface area contributed by atoms with E-state index in [2.05, 4.69) is 218 Å². The van der Waals surface area contributed by atoms with E-state index < -0.39 is 0 Å². The zero-order valence-electron chi connectivity index (χ0n) is 33.2. The van der Waals surface area contributed by atoms with Crippen molar-refractivity contribution in [2.24, 2.45) is 0 Å². The summed E-state index contributed by atoms with van der Waals surface area (Å²) in [5.74, 6) is 0. The van der Waals surface area contributed by atoms with Gasteiger partial charge in [-0.15, -0.1) is 0 Å².